The number of hydrogen-bond donors (Lipinski definition) is 2. The molecule has 2 aromatic rings. The fourth-order valence-corrected chi connectivity index (χ4v) is 2.90. The van der Waals surface area contributed by atoms with Gasteiger partial charge >= 0.3 is 0 Å². The minimum atomic E-state index is -0.313. The van der Waals surface area contributed by atoms with Gasteiger partial charge in [0.05, 0.1) is 0 Å². The number of para-hydroxylation sites is 1. The van der Waals surface area contributed by atoms with Crippen LogP contribution >= 0.6 is 0 Å². The number of aryl methyl sites for hydroxylation is 5. The van der Waals surface area contributed by atoms with Crippen molar-refractivity contribution in [3.05, 3.63) is 58.1 Å². The fourth-order valence-electron chi connectivity index (χ4n) is 2.90. The smallest absolute Gasteiger partial charge is 0.233 e. The summed E-state index contributed by atoms with van der Waals surface area (Å²) in [5.74, 6) is -0.624. The highest BCUT2D eigenvalue weighted by molar-refractivity contribution is 6.08. The molecule has 0 aliphatic carbocycles. The van der Waals surface area contributed by atoms with Crippen LogP contribution in [0.2, 0.25) is 0 Å². The van der Waals surface area contributed by atoms with Crippen molar-refractivity contribution in [1.82, 2.24) is 0 Å². The zero-order valence-electron chi connectivity index (χ0n) is 14.9. The number of amides is 2. The van der Waals surface area contributed by atoms with Gasteiger partial charge in [0.2, 0.25) is 11.8 Å². The SMILES string of the molecule is Cc1cc(C)c(NC(=O)CC(=O)Nc2c(C)cccc2C)c(C)c1. The molecule has 2 aromatic carbocycles. The van der Waals surface area contributed by atoms with Crippen LogP contribution in [0, 0.1) is 34.6 Å². The monoisotopic (exact) mass is 324 g/mol. The molecule has 0 unspecified atom stereocenters. The fraction of sp³-hybridized carbons (Fsp3) is 0.300. The molecule has 0 saturated heterocycles. The Labute approximate surface area is 143 Å². The summed E-state index contributed by atoms with van der Waals surface area (Å²) in [5.41, 5.74) is 6.66. The summed E-state index contributed by atoms with van der Waals surface area (Å²) in [6.45, 7) is 9.78. The van der Waals surface area contributed by atoms with Gasteiger partial charge in [0.25, 0.3) is 0 Å². The van der Waals surface area contributed by atoms with E-state index in [0.717, 1.165) is 39.2 Å². The quantitative estimate of drug-likeness (QED) is 0.828. The molecule has 2 amide bonds. The van der Waals surface area contributed by atoms with Crippen LogP contribution in [0.5, 0.6) is 0 Å². The van der Waals surface area contributed by atoms with Gasteiger partial charge in [-0.05, 0) is 56.9 Å². The average Bonchev–Trinajstić information content (AvgIpc) is 2.47. The zero-order chi connectivity index (χ0) is 17.9. The second kappa shape index (κ2) is 7.30. The van der Waals surface area contributed by atoms with E-state index in [9.17, 15) is 9.59 Å². The first-order chi connectivity index (χ1) is 11.3. The molecule has 4 heteroatoms. The third-order valence-corrected chi connectivity index (χ3v) is 4.01. The standard InChI is InChI=1S/C20H24N2O2/c1-12-9-15(4)20(16(5)10-12)22-18(24)11-17(23)21-19-13(2)7-6-8-14(19)3/h6-10H,11H2,1-5H3,(H,21,23)(H,22,24). The van der Waals surface area contributed by atoms with Crippen molar-refractivity contribution >= 4 is 23.2 Å². The van der Waals surface area contributed by atoms with Gasteiger partial charge in [-0.3, -0.25) is 9.59 Å². The summed E-state index contributed by atoms with van der Waals surface area (Å²) >= 11 is 0. The van der Waals surface area contributed by atoms with Crippen LogP contribution in [0.25, 0.3) is 0 Å². The van der Waals surface area contributed by atoms with Crippen LogP contribution in [-0.2, 0) is 9.59 Å². The van der Waals surface area contributed by atoms with E-state index in [1.807, 2.05) is 65.0 Å². The van der Waals surface area contributed by atoms with Crippen LogP contribution in [0.3, 0.4) is 0 Å². The molecule has 0 aliphatic heterocycles. The Morgan fingerprint density at radius 3 is 1.62 bits per heavy atom. The Balaban J connectivity index is 2.04. The average molecular weight is 324 g/mol. The van der Waals surface area contributed by atoms with E-state index in [0.29, 0.717) is 0 Å². The number of hydrogen-bond acceptors (Lipinski definition) is 2. The topological polar surface area (TPSA) is 58.2 Å². The van der Waals surface area contributed by atoms with Crippen molar-refractivity contribution in [1.29, 1.82) is 0 Å². The van der Waals surface area contributed by atoms with Gasteiger partial charge < -0.3 is 10.6 Å². The summed E-state index contributed by atoms with van der Waals surface area (Å²) < 4.78 is 0. The predicted molar refractivity (Wildman–Crippen MR) is 98.4 cm³/mol. The van der Waals surface area contributed by atoms with E-state index < -0.39 is 0 Å². The molecule has 24 heavy (non-hydrogen) atoms. The molecule has 0 aromatic heterocycles. The lowest BCUT2D eigenvalue weighted by Gasteiger charge is -2.14. The van der Waals surface area contributed by atoms with Gasteiger partial charge in [0, 0.05) is 11.4 Å². The third-order valence-electron chi connectivity index (χ3n) is 4.01. The Morgan fingerprint density at radius 1 is 0.750 bits per heavy atom. The molecule has 0 fully saturated rings. The minimum absolute atomic E-state index is 0.208. The molecule has 0 spiro atoms. The van der Waals surface area contributed by atoms with Crippen LogP contribution in [0.4, 0.5) is 11.4 Å². The normalized spacial score (nSPS) is 10.4. The summed E-state index contributed by atoms with van der Waals surface area (Å²) in [6.07, 6.45) is -0.208. The number of anilines is 2. The van der Waals surface area contributed by atoms with Crippen molar-refractivity contribution < 1.29 is 9.59 Å². The molecule has 0 heterocycles. The lowest BCUT2D eigenvalue weighted by atomic mass is 10.0. The highest BCUT2D eigenvalue weighted by Crippen LogP contribution is 2.22. The van der Waals surface area contributed by atoms with Gasteiger partial charge in [-0.2, -0.15) is 0 Å². The third kappa shape index (κ3) is 4.22. The van der Waals surface area contributed by atoms with E-state index in [-0.39, 0.29) is 18.2 Å². The lowest BCUT2D eigenvalue weighted by molar-refractivity contribution is -0.123. The van der Waals surface area contributed by atoms with Crippen molar-refractivity contribution in [3.8, 4) is 0 Å². The summed E-state index contributed by atoms with van der Waals surface area (Å²) in [7, 11) is 0. The molecule has 0 atom stereocenters. The molecule has 0 bridgehead atoms. The van der Waals surface area contributed by atoms with Gasteiger partial charge in [0.15, 0.2) is 0 Å². The number of benzene rings is 2. The largest absolute Gasteiger partial charge is 0.325 e. The van der Waals surface area contributed by atoms with E-state index in [2.05, 4.69) is 10.6 Å². The van der Waals surface area contributed by atoms with Crippen LogP contribution in [0.15, 0.2) is 30.3 Å². The molecular weight excluding hydrogens is 300 g/mol. The molecule has 0 saturated carbocycles. The van der Waals surface area contributed by atoms with E-state index in [1.165, 1.54) is 0 Å². The van der Waals surface area contributed by atoms with E-state index >= 15 is 0 Å². The maximum atomic E-state index is 12.2. The highest BCUT2D eigenvalue weighted by Gasteiger charge is 2.14. The van der Waals surface area contributed by atoms with Crippen molar-refractivity contribution in [2.45, 2.75) is 41.0 Å². The highest BCUT2D eigenvalue weighted by atomic mass is 16.2. The first kappa shape index (κ1) is 17.7. The number of nitrogens with one attached hydrogen (secondary N) is 2. The number of carbonyl (C=O) groups is 2. The molecule has 0 radical (unpaired) electrons. The Hall–Kier alpha value is -2.62. The maximum absolute atomic E-state index is 12.2. The minimum Gasteiger partial charge on any atom is -0.325 e. The van der Waals surface area contributed by atoms with Crippen LogP contribution in [-0.4, -0.2) is 11.8 Å². The molecule has 2 N–H and O–H groups in total. The van der Waals surface area contributed by atoms with Crippen molar-refractivity contribution in [2.24, 2.45) is 0 Å². The molecule has 2 rings (SSSR count). The molecule has 4 nitrogen and oxygen atoms in total. The number of rotatable bonds is 4. The summed E-state index contributed by atoms with van der Waals surface area (Å²) in [5, 5.41) is 5.69. The van der Waals surface area contributed by atoms with Gasteiger partial charge in [0.1, 0.15) is 6.42 Å². The second-order valence-electron chi connectivity index (χ2n) is 6.31. The summed E-state index contributed by atoms with van der Waals surface area (Å²) in [4.78, 5) is 24.4. The lowest BCUT2D eigenvalue weighted by Crippen LogP contribution is -2.22. The van der Waals surface area contributed by atoms with Crippen molar-refractivity contribution in [3.63, 3.8) is 0 Å². The second-order valence-corrected chi connectivity index (χ2v) is 6.31. The van der Waals surface area contributed by atoms with Gasteiger partial charge in [-0.1, -0.05) is 35.9 Å². The summed E-state index contributed by atoms with van der Waals surface area (Å²) in [6, 6.07) is 9.83. The zero-order valence-corrected chi connectivity index (χ0v) is 14.9. The molecule has 0 aliphatic rings. The van der Waals surface area contributed by atoms with E-state index in [4.69, 9.17) is 0 Å². The molecular formula is C20H24N2O2. The predicted octanol–water partition coefficient (Wildman–Crippen LogP) is 4.20. The molecule has 126 valence electrons. The van der Waals surface area contributed by atoms with Crippen molar-refractivity contribution in [2.75, 3.05) is 10.6 Å². The Morgan fingerprint density at radius 2 is 1.17 bits per heavy atom. The maximum Gasteiger partial charge on any atom is 0.233 e. The number of carbonyl (C=O) groups excluding carboxylic acids is 2. The van der Waals surface area contributed by atoms with Gasteiger partial charge in [-0.25, -0.2) is 0 Å². The van der Waals surface area contributed by atoms with Crippen LogP contribution < -0.4 is 10.6 Å². The van der Waals surface area contributed by atoms with E-state index in [1.54, 1.807) is 0 Å². The Bertz CT molecular complexity index is 751. The Kier molecular flexibility index (Phi) is 5.39. The first-order valence-electron chi connectivity index (χ1n) is 8.01. The first-order valence-corrected chi connectivity index (χ1v) is 8.01. The van der Waals surface area contributed by atoms with Crippen LogP contribution in [0.1, 0.15) is 34.2 Å². The van der Waals surface area contributed by atoms with Gasteiger partial charge in [-0.15, -0.1) is 0 Å².